The van der Waals surface area contributed by atoms with E-state index in [4.69, 9.17) is 5.11 Å². The van der Waals surface area contributed by atoms with Gasteiger partial charge in [-0.25, -0.2) is 9.79 Å². The Kier molecular flexibility index (Phi) is 3.89. The molecule has 0 radical (unpaired) electrons. The fourth-order valence-corrected chi connectivity index (χ4v) is 2.75. The molecule has 116 valence electrons. The number of amides is 3. The smallest absolute Gasteiger partial charge is 0.328 e. The topological polar surface area (TPSA) is 93.5 Å². The molecule has 2 aliphatic rings. The van der Waals surface area contributed by atoms with Crippen molar-refractivity contribution in [1.82, 2.24) is 14.7 Å². The van der Waals surface area contributed by atoms with Gasteiger partial charge >= 0.3 is 12.0 Å². The minimum atomic E-state index is -0.893. The zero-order valence-electron chi connectivity index (χ0n) is 12.4. The van der Waals surface area contributed by atoms with Crippen molar-refractivity contribution in [2.45, 2.75) is 37.9 Å². The number of hydrogen-bond acceptors (Lipinski definition) is 5. The van der Waals surface area contributed by atoms with Gasteiger partial charge in [0.05, 0.1) is 6.34 Å². The molecular weight excluding hydrogens is 276 g/mol. The minimum Gasteiger partial charge on any atom is -0.481 e. The van der Waals surface area contributed by atoms with Gasteiger partial charge in [0.15, 0.2) is 11.7 Å². The minimum absolute atomic E-state index is 0.0367. The molecule has 2 heterocycles. The quantitative estimate of drug-likeness (QED) is 0.731. The Morgan fingerprint density at radius 2 is 2.05 bits per heavy atom. The number of rotatable bonds is 5. The molecule has 3 amide bonds. The lowest BCUT2D eigenvalue weighted by atomic mass is 9.92. The third-order valence-electron chi connectivity index (χ3n) is 4.22. The van der Waals surface area contributed by atoms with E-state index in [9.17, 15) is 14.4 Å². The number of unbranched alkanes of at least 4 members (excludes halogenated alkanes) is 1. The Bertz CT molecular complexity index is 506. The lowest BCUT2D eigenvalue weighted by Gasteiger charge is -2.46. The van der Waals surface area contributed by atoms with E-state index >= 15 is 0 Å². The van der Waals surface area contributed by atoms with E-state index in [1.165, 1.54) is 9.80 Å². The van der Waals surface area contributed by atoms with Crippen LogP contribution in [0.4, 0.5) is 4.79 Å². The second-order valence-electron chi connectivity index (χ2n) is 5.60. The maximum atomic E-state index is 12.7. The van der Waals surface area contributed by atoms with Crippen molar-refractivity contribution in [2.24, 2.45) is 4.99 Å². The SMILES string of the molecule is CN1C(=O)N(CCCCC(=O)O)C(=O)C2(C)C1N=CN2C. The first-order valence-electron chi connectivity index (χ1n) is 6.87. The highest BCUT2D eigenvalue weighted by atomic mass is 16.4. The summed E-state index contributed by atoms with van der Waals surface area (Å²) in [5, 5.41) is 8.62. The molecule has 0 aromatic heterocycles. The van der Waals surface area contributed by atoms with Crippen LogP contribution >= 0.6 is 0 Å². The standard InChI is InChI=1S/C13H20N4O4/c1-13-10(14-8-15(13)2)16(3)12(21)17(11(13)20)7-5-4-6-9(18)19/h8,10H,4-7H2,1-3H3,(H,18,19). The molecule has 2 atom stereocenters. The molecule has 0 spiro atoms. The predicted molar refractivity (Wildman–Crippen MR) is 74.8 cm³/mol. The summed E-state index contributed by atoms with van der Waals surface area (Å²) in [4.78, 5) is 44.0. The van der Waals surface area contributed by atoms with Crippen molar-refractivity contribution in [3.63, 3.8) is 0 Å². The Balaban J connectivity index is 2.10. The molecule has 0 aliphatic carbocycles. The van der Waals surface area contributed by atoms with Gasteiger partial charge in [0.2, 0.25) is 0 Å². The number of urea groups is 1. The van der Waals surface area contributed by atoms with Crippen molar-refractivity contribution < 1.29 is 19.5 Å². The van der Waals surface area contributed by atoms with Crippen LogP contribution < -0.4 is 0 Å². The number of carboxylic acids is 1. The van der Waals surface area contributed by atoms with Gasteiger partial charge in [-0.3, -0.25) is 14.5 Å². The maximum absolute atomic E-state index is 12.7. The molecule has 0 aromatic carbocycles. The van der Waals surface area contributed by atoms with Gasteiger partial charge in [-0.1, -0.05) is 0 Å². The Morgan fingerprint density at radius 3 is 2.67 bits per heavy atom. The highest BCUT2D eigenvalue weighted by Crippen LogP contribution is 2.33. The van der Waals surface area contributed by atoms with Crippen LogP contribution in [-0.2, 0) is 9.59 Å². The number of nitrogens with zero attached hydrogens (tertiary/aromatic N) is 4. The molecule has 8 heteroatoms. The Hall–Kier alpha value is -2.12. The third kappa shape index (κ3) is 2.34. The first-order valence-corrected chi connectivity index (χ1v) is 6.87. The molecule has 21 heavy (non-hydrogen) atoms. The van der Waals surface area contributed by atoms with Gasteiger partial charge in [0.25, 0.3) is 5.91 Å². The van der Waals surface area contributed by atoms with E-state index in [1.54, 1.807) is 32.3 Å². The van der Waals surface area contributed by atoms with E-state index in [0.29, 0.717) is 12.8 Å². The number of likely N-dealkylation sites (N-methyl/N-ethyl adjacent to an activating group) is 2. The number of imide groups is 1. The zero-order chi connectivity index (χ0) is 15.8. The van der Waals surface area contributed by atoms with Crippen molar-refractivity contribution in [2.75, 3.05) is 20.6 Å². The van der Waals surface area contributed by atoms with Gasteiger partial charge in [-0.15, -0.1) is 0 Å². The Morgan fingerprint density at radius 1 is 1.38 bits per heavy atom. The molecule has 0 bridgehead atoms. The summed E-state index contributed by atoms with van der Waals surface area (Å²) in [6, 6.07) is -0.384. The largest absolute Gasteiger partial charge is 0.481 e. The van der Waals surface area contributed by atoms with Gasteiger partial charge in [-0.2, -0.15) is 0 Å². The lowest BCUT2D eigenvalue weighted by molar-refractivity contribution is -0.144. The molecule has 1 saturated heterocycles. The second-order valence-corrected chi connectivity index (χ2v) is 5.60. The summed E-state index contributed by atoms with van der Waals surface area (Å²) in [7, 11) is 3.38. The van der Waals surface area contributed by atoms with Crippen molar-refractivity contribution in [3.05, 3.63) is 0 Å². The molecule has 2 aliphatic heterocycles. The number of carbonyl (C=O) groups excluding carboxylic acids is 2. The lowest BCUT2D eigenvalue weighted by Crippen LogP contribution is -2.70. The number of hydrogen-bond donors (Lipinski definition) is 1. The van der Waals surface area contributed by atoms with Gasteiger partial charge < -0.3 is 14.9 Å². The summed E-state index contributed by atoms with van der Waals surface area (Å²) in [5.74, 6) is -1.16. The number of aliphatic carboxylic acids is 1. The number of carboxylic acid groups (broad SMARTS) is 1. The first-order chi connectivity index (χ1) is 9.80. The normalized spacial score (nSPS) is 28.3. The summed E-state index contributed by atoms with van der Waals surface area (Å²) in [6.07, 6.45) is 2.00. The van der Waals surface area contributed by atoms with Gasteiger partial charge in [-0.05, 0) is 19.8 Å². The molecule has 1 fully saturated rings. The van der Waals surface area contributed by atoms with Gasteiger partial charge in [0, 0.05) is 27.1 Å². The van der Waals surface area contributed by atoms with Crippen LogP contribution in [0.1, 0.15) is 26.2 Å². The number of aliphatic imine (C=N–C) groups is 1. The van der Waals surface area contributed by atoms with E-state index in [0.717, 1.165) is 0 Å². The van der Waals surface area contributed by atoms with Crippen LogP contribution in [0, 0.1) is 0 Å². The second kappa shape index (κ2) is 5.34. The van der Waals surface area contributed by atoms with Crippen LogP contribution in [0.25, 0.3) is 0 Å². The van der Waals surface area contributed by atoms with E-state index in [1.807, 2.05) is 0 Å². The average Bonchev–Trinajstić information content (AvgIpc) is 2.73. The third-order valence-corrected chi connectivity index (χ3v) is 4.22. The van der Waals surface area contributed by atoms with Crippen LogP contribution in [0.5, 0.6) is 0 Å². The first kappa shape index (κ1) is 15.3. The highest BCUT2D eigenvalue weighted by Gasteiger charge is 2.57. The van der Waals surface area contributed by atoms with E-state index in [-0.39, 0.29) is 24.9 Å². The van der Waals surface area contributed by atoms with E-state index < -0.39 is 17.7 Å². The predicted octanol–water partition coefficient (Wildman–Crippen LogP) is 0.194. The number of carbonyl (C=O) groups is 3. The molecule has 2 rings (SSSR count). The summed E-state index contributed by atoms with van der Waals surface area (Å²) < 4.78 is 0. The molecule has 2 unspecified atom stereocenters. The summed E-state index contributed by atoms with van der Waals surface area (Å²) in [5.41, 5.74) is -0.893. The fraction of sp³-hybridized carbons (Fsp3) is 0.692. The molecular formula is C13H20N4O4. The molecule has 1 N–H and O–H groups in total. The van der Waals surface area contributed by atoms with Crippen LogP contribution in [-0.4, -0.2) is 76.4 Å². The van der Waals surface area contributed by atoms with Gasteiger partial charge in [0.1, 0.15) is 0 Å². The van der Waals surface area contributed by atoms with E-state index in [2.05, 4.69) is 4.99 Å². The monoisotopic (exact) mass is 296 g/mol. The molecule has 0 aromatic rings. The average molecular weight is 296 g/mol. The molecule has 8 nitrogen and oxygen atoms in total. The summed E-state index contributed by atoms with van der Waals surface area (Å²) in [6.45, 7) is 1.99. The maximum Gasteiger partial charge on any atom is 0.328 e. The summed E-state index contributed by atoms with van der Waals surface area (Å²) >= 11 is 0. The highest BCUT2D eigenvalue weighted by molar-refractivity contribution is 6.04. The Labute approximate surface area is 123 Å². The number of fused-ring (bicyclic) bond motifs is 1. The van der Waals surface area contributed by atoms with Crippen LogP contribution in [0.15, 0.2) is 4.99 Å². The zero-order valence-corrected chi connectivity index (χ0v) is 12.4. The van der Waals surface area contributed by atoms with Crippen LogP contribution in [0.2, 0.25) is 0 Å². The van der Waals surface area contributed by atoms with Crippen molar-refractivity contribution in [3.8, 4) is 0 Å². The van der Waals surface area contributed by atoms with Crippen LogP contribution in [0.3, 0.4) is 0 Å². The van der Waals surface area contributed by atoms with Crippen molar-refractivity contribution in [1.29, 1.82) is 0 Å². The molecule has 0 saturated carbocycles. The fourth-order valence-electron chi connectivity index (χ4n) is 2.75. The van der Waals surface area contributed by atoms with Crippen molar-refractivity contribution >= 4 is 24.2 Å².